The van der Waals surface area contributed by atoms with Crippen LogP contribution >= 0.6 is 0 Å². The Balaban J connectivity index is 1.81. The van der Waals surface area contributed by atoms with Crippen molar-refractivity contribution in [3.8, 4) is 0 Å². The van der Waals surface area contributed by atoms with Crippen molar-refractivity contribution < 1.29 is 0 Å². The minimum absolute atomic E-state index is 1.28. The summed E-state index contributed by atoms with van der Waals surface area (Å²) in [5.41, 5.74) is 6.74. The van der Waals surface area contributed by atoms with Crippen LogP contribution in [0.5, 0.6) is 0 Å². The lowest BCUT2D eigenvalue weighted by atomic mass is 10.0. The van der Waals surface area contributed by atoms with Crippen molar-refractivity contribution in [2.75, 3.05) is 13.1 Å². The second kappa shape index (κ2) is 6.65. The van der Waals surface area contributed by atoms with Gasteiger partial charge in [0, 0.05) is 19.3 Å². The van der Waals surface area contributed by atoms with Crippen LogP contribution in [0.25, 0.3) is 0 Å². The zero-order chi connectivity index (χ0) is 13.8. The van der Waals surface area contributed by atoms with Gasteiger partial charge in [-0.15, -0.1) is 0 Å². The molecule has 0 aromatic heterocycles. The Morgan fingerprint density at radius 1 is 0.950 bits per heavy atom. The van der Waals surface area contributed by atoms with Crippen molar-refractivity contribution in [1.29, 1.82) is 0 Å². The van der Waals surface area contributed by atoms with Gasteiger partial charge in [0.15, 0.2) is 0 Å². The second-order valence-corrected chi connectivity index (χ2v) is 6.66. The number of allylic oxidation sites excluding steroid dienone is 5. The summed E-state index contributed by atoms with van der Waals surface area (Å²) in [4.78, 5) is 2.55. The van der Waals surface area contributed by atoms with Crippen LogP contribution in [0.3, 0.4) is 0 Å². The second-order valence-electron chi connectivity index (χ2n) is 6.66. The average molecular weight is 271 g/mol. The number of hydrogen-bond donors (Lipinski definition) is 0. The van der Waals surface area contributed by atoms with Crippen molar-refractivity contribution in [3.63, 3.8) is 0 Å². The van der Waals surface area contributed by atoms with Crippen molar-refractivity contribution in [1.82, 2.24) is 4.90 Å². The van der Waals surface area contributed by atoms with Gasteiger partial charge in [0.05, 0.1) is 0 Å². The molecule has 2 aliphatic carbocycles. The molecule has 1 aliphatic heterocycles. The zero-order valence-corrected chi connectivity index (χ0v) is 13.1. The lowest BCUT2D eigenvalue weighted by Crippen LogP contribution is -2.11. The van der Waals surface area contributed by atoms with E-state index in [-0.39, 0.29) is 0 Å². The summed E-state index contributed by atoms with van der Waals surface area (Å²) in [6.45, 7) is 4.87. The van der Waals surface area contributed by atoms with Crippen LogP contribution in [0.2, 0.25) is 0 Å². The number of nitrogens with zero attached hydrogens (tertiary/aromatic N) is 1. The van der Waals surface area contributed by atoms with Gasteiger partial charge in [-0.3, -0.25) is 0 Å². The molecule has 3 rings (SSSR count). The molecule has 0 radical (unpaired) electrons. The molecule has 0 aromatic carbocycles. The Morgan fingerprint density at radius 2 is 1.70 bits per heavy atom. The van der Waals surface area contributed by atoms with Gasteiger partial charge in [-0.05, 0) is 74.5 Å². The maximum atomic E-state index is 2.57. The monoisotopic (exact) mass is 271 g/mol. The van der Waals surface area contributed by atoms with E-state index in [0.717, 1.165) is 0 Å². The van der Waals surface area contributed by atoms with Crippen molar-refractivity contribution in [3.05, 3.63) is 34.6 Å². The van der Waals surface area contributed by atoms with Crippen LogP contribution in [0.1, 0.15) is 71.1 Å². The molecule has 1 heterocycles. The maximum absolute atomic E-state index is 2.57. The molecular formula is C19H29N. The van der Waals surface area contributed by atoms with E-state index < -0.39 is 0 Å². The van der Waals surface area contributed by atoms with E-state index in [1.165, 1.54) is 77.3 Å². The lowest BCUT2D eigenvalue weighted by Gasteiger charge is -2.14. The smallest absolute Gasteiger partial charge is 0.0173 e. The van der Waals surface area contributed by atoms with Crippen LogP contribution in [0.4, 0.5) is 0 Å². The molecule has 0 bridgehead atoms. The molecule has 0 atom stereocenters. The highest BCUT2D eigenvalue weighted by molar-refractivity contribution is 5.46. The fourth-order valence-electron chi connectivity index (χ4n) is 3.96. The third kappa shape index (κ3) is 3.19. The van der Waals surface area contributed by atoms with Gasteiger partial charge in [-0.2, -0.15) is 0 Å². The minimum atomic E-state index is 1.28. The first-order valence-corrected chi connectivity index (χ1v) is 8.73. The summed E-state index contributed by atoms with van der Waals surface area (Å²) < 4.78 is 0. The van der Waals surface area contributed by atoms with E-state index in [0.29, 0.717) is 0 Å². The molecule has 0 aromatic rings. The Bertz CT molecular complexity index is 425. The quantitative estimate of drug-likeness (QED) is 0.665. The van der Waals surface area contributed by atoms with Crippen LogP contribution in [-0.4, -0.2) is 18.0 Å². The highest BCUT2D eigenvalue weighted by Gasteiger charge is 2.20. The van der Waals surface area contributed by atoms with Gasteiger partial charge in [0.1, 0.15) is 0 Å². The molecule has 3 aliphatic rings. The fraction of sp³-hybridized carbons (Fsp3) is 0.684. The van der Waals surface area contributed by atoms with E-state index in [9.17, 15) is 0 Å². The lowest BCUT2D eigenvalue weighted by molar-refractivity contribution is 0.463. The molecule has 1 nitrogen and oxygen atoms in total. The summed E-state index contributed by atoms with van der Waals surface area (Å²) in [6.07, 6.45) is 18.5. The predicted octanol–water partition coefficient (Wildman–Crippen LogP) is 5.36. The Kier molecular flexibility index (Phi) is 4.65. The SMILES string of the molecule is CCCC1=C(C=C2CCCC2)CC/C1=C\N1CCCC1. The molecule has 1 saturated carbocycles. The molecule has 110 valence electrons. The van der Waals surface area contributed by atoms with Crippen LogP contribution in [-0.2, 0) is 0 Å². The number of hydrogen-bond acceptors (Lipinski definition) is 1. The maximum Gasteiger partial charge on any atom is 0.0173 e. The van der Waals surface area contributed by atoms with Crippen LogP contribution < -0.4 is 0 Å². The van der Waals surface area contributed by atoms with Gasteiger partial charge >= 0.3 is 0 Å². The first-order valence-electron chi connectivity index (χ1n) is 8.73. The van der Waals surface area contributed by atoms with E-state index in [4.69, 9.17) is 0 Å². The third-order valence-electron chi connectivity index (χ3n) is 5.04. The minimum Gasteiger partial charge on any atom is -0.377 e. The molecule has 1 saturated heterocycles. The molecular weight excluding hydrogens is 242 g/mol. The Morgan fingerprint density at radius 3 is 2.40 bits per heavy atom. The topological polar surface area (TPSA) is 3.24 Å². The van der Waals surface area contributed by atoms with Crippen molar-refractivity contribution >= 4 is 0 Å². The molecule has 0 spiro atoms. The summed E-state index contributed by atoms with van der Waals surface area (Å²) in [5.74, 6) is 0. The largest absolute Gasteiger partial charge is 0.377 e. The highest BCUT2D eigenvalue weighted by Crippen LogP contribution is 2.37. The molecule has 1 heteroatoms. The van der Waals surface area contributed by atoms with E-state index in [1.54, 1.807) is 22.3 Å². The molecule has 0 amide bonds. The highest BCUT2D eigenvalue weighted by atomic mass is 15.1. The van der Waals surface area contributed by atoms with E-state index >= 15 is 0 Å². The summed E-state index contributed by atoms with van der Waals surface area (Å²) >= 11 is 0. The fourth-order valence-corrected chi connectivity index (χ4v) is 3.96. The first-order chi connectivity index (χ1) is 9.86. The van der Waals surface area contributed by atoms with Gasteiger partial charge in [-0.1, -0.05) is 25.0 Å². The average Bonchev–Trinajstić information content (AvgIpc) is 3.17. The molecule has 2 fully saturated rings. The van der Waals surface area contributed by atoms with Gasteiger partial charge in [-0.25, -0.2) is 0 Å². The number of likely N-dealkylation sites (tertiary alicyclic amines) is 1. The van der Waals surface area contributed by atoms with Crippen molar-refractivity contribution in [2.24, 2.45) is 0 Å². The molecule has 0 unspecified atom stereocenters. The summed E-state index contributed by atoms with van der Waals surface area (Å²) in [7, 11) is 0. The molecule has 0 N–H and O–H groups in total. The summed E-state index contributed by atoms with van der Waals surface area (Å²) in [6, 6.07) is 0. The van der Waals surface area contributed by atoms with Crippen molar-refractivity contribution in [2.45, 2.75) is 71.1 Å². The van der Waals surface area contributed by atoms with Crippen LogP contribution in [0, 0.1) is 0 Å². The first kappa shape index (κ1) is 14.0. The zero-order valence-electron chi connectivity index (χ0n) is 13.1. The van der Waals surface area contributed by atoms with Gasteiger partial charge < -0.3 is 4.90 Å². The van der Waals surface area contributed by atoms with Gasteiger partial charge in [0.25, 0.3) is 0 Å². The third-order valence-corrected chi connectivity index (χ3v) is 5.04. The molecule has 20 heavy (non-hydrogen) atoms. The Hall–Kier alpha value is -0.980. The summed E-state index contributed by atoms with van der Waals surface area (Å²) in [5, 5.41) is 0. The van der Waals surface area contributed by atoms with Gasteiger partial charge in [0.2, 0.25) is 0 Å². The van der Waals surface area contributed by atoms with Crippen LogP contribution in [0.15, 0.2) is 34.6 Å². The normalized spacial score (nSPS) is 25.4. The predicted molar refractivity (Wildman–Crippen MR) is 86.6 cm³/mol. The standard InChI is InChI=1S/C19H29N/c1-2-7-19-17(14-16-8-3-4-9-16)10-11-18(19)15-20-12-5-6-13-20/h14-15H,2-13H2,1H3/b18-15+. The number of rotatable bonds is 4. The Labute approximate surface area is 124 Å². The van der Waals surface area contributed by atoms with E-state index in [2.05, 4.69) is 24.1 Å². The van der Waals surface area contributed by atoms with E-state index in [1.807, 2.05) is 0 Å².